The third-order valence-corrected chi connectivity index (χ3v) is 5.53. The lowest BCUT2D eigenvalue weighted by atomic mass is 9.68. The van der Waals surface area contributed by atoms with Gasteiger partial charge in [-0.25, -0.2) is 4.79 Å². The third-order valence-electron chi connectivity index (χ3n) is 5.20. The molecule has 1 aliphatic rings. The summed E-state index contributed by atoms with van der Waals surface area (Å²) in [5, 5.41) is 4.26. The molecular formula is C21H24ClF3N2O6. The third kappa shape index (κ3) is 7.08. The van der Waals surface area contributed by atoms with Crippen LogP contribution in [-0.4, -0.2) is 49.3 Å². The smallest absolute Gasteiger partial charge is 0.424 e. The molecule has 2 rings (SSSR count). The van der Waals surface area contributed by atoms with Gasteiger partial charge in [-0.15, -0.1) is 0 Å². The molecule has 1 saturated carbocycles. The molecule has 0 spiro atoms. The van der Waals surface area contributed by atoms with Gasteiger partial charge in [0.2, 0.25) is 6.29 Å². The van der Waals surface area contributed by atoms with Crippen LogP contribution in [0.2, 0.25) is 5.02 Å². The zero-order valence-electron chi connectivity index (χ0n) is 17.8. The lowest BCUT2D eigenvalue weighted by molar-refractivity contribution is -0.177. The summed E-state index contributed by atoms with van der Waals surface area (Å²) in [6.45, 7) is 0.361. The summed E-state index contributed by atoms with van der Waals surface area (Å²) in [5.74, 6) is -3.59. The Morgan fingerprint density at radius 2 is 1.85 bits per heavy atom. The number of hydrogen-bond acceptors (Lipinski definition) is 6. The van der Waals surface area contributed by atoms with Crippen molar-refractivity contribution in [1.29, 1.82) is 0 Å². The van der Waals surface area contributed by atoms with Crippen molar-refractivity contribution in [1.82, 2.24) is 10.6 Å². The second-order valence-electron chi connectivity index (χ2n) is 7.46. The standard InChI is InChI=1S/C21H24ClF3N2O6/c1-2-17(32-16(29)11-26-18(30)21(23,24)25)33-19(31)27-12-20(10-6-5-9-15(20)28)13-7-3-4-8-14(13)22/h3-4,7-8,17H,2,5-6,9-12H2,1H3,(H,26,30)(H,27,31)/t17?,20-/m1/s1. The van der Waals surface area contributed by atoms with E-state index in [1.165, 1.54) is 12.2 Å². The number of benzene rings is 1. The molecule has 8 nitrogen and oxygen atoms in total. The number of ether oxygens (including phenoxy) is 2. The molecule has 1 unspecified atom stereocenters. The molecule has 2 N–H and O–H groups in total. The molecule has 0 radical (unpaired) electrons. The molecule has 0 aliphatic heterocycles. The maximum atomic E-state index is 12.9. The van der Waals surface area contributed by atoms with Crippen LogP contribution in [0.1, 0.15) is 44.6 Å². The first-order valence-electron chi connectivity index (χ1n) is 10.3. The second-order valence-corrected chi connectivity index (χ2v) is 7.87. The van der Waals surface area contributed by atoms with Crippen molar-refractivity contribution in [3.63, 3.8) is 0 Å². The van der Waals surface area contributed by atoms with Gasteiger partial charge in [0.05, 0.1) is 5.41 Å². The molecule has 33 heavy (non-hydrogen) atoms. The van der Waals surface area contributed by atoms with Crippen molar-refractivity contribution >= 4 is 35.4 Å². The minimum atomic E-state index is -5.14. The normalized spacial score (nSPS) is 19.4. The Morgan fingerprint density at radius 1 is 1.15 bits per heavy atom. The molecule has 1 aromatic rings. The Labute approximate surface area is 193 Å². The first-order valence-corrected chi connectivity index (χ1v) is 10.6. The summed E-state index contributed by atoms with van der Waals surface area (Å²) in [6, 6.07) is 6.85. The largest absolute Gasteiger partial charge is 0.471 e. The molecule has 1 aromatic carbocycles. The van der Waals surface area contributed by atoms with Gasteiger partial charge in [0.1, 0.15) is 12.3 Å². The summed E-state index contributed by atoms with van der Waals surface area (Å²) in [4.78, 5) is 47.6. The van der Waals surface area contributed by atoms with Crippen LogP contribution in [0.15, 0.2) is 24.3 Å². The van der Waals surface area contributed by atoms with Crippen molar-refractivity contribution in [3.8, 4) is 0 Å². The predicted octanol–water partition coefficient (Wildman–Crippen LogP) is 3.40. The van der Waals surface area contributed by atoms with Crippen LogP contribution in [0.5, 0.6) is 0 Å². The average Bonchev–Trinajstić information content (AvgIpc) is 2.76. The van der Waals surface area contributed by atoms with Gasteiger partial charge in [-0.1, -0.05) is 43.1 Å². The van der Waals surface area contributed by atoms with Crippen molar-refractivity contribution < 1.29 is 41.8 Å². The maximum Gasteiger partial charge on any atom is 0.471 e. The lowest BCUT2D eigenvalue weighted by Gasteiger charge is -2.37. The van der Waals surface area contributed by atoms with Crippen LogP contribution < -0.4 is 10.6 Å². The molecule has 0 saturated heterocycles. The fourth-order valence-corrected chi connectivity index (χ4v) is 3.84. The van der Waals surface area contributed by atoms with Gasteiger partial charge in [0.15, 0.2) is 0 Å². The highest BCUT2D eigenvalue weighted by atomic mass is 35.5. The van der Waals surface area contributed by atoms with E-state index >= 15 is 0 Å². The Kier molecular flexibility index (Phi) is 9.09. The topological polar surface area (TPSA) is 111 Å². The fraction of sp³-hybridized carbons (Fsp3) is 0.524. The van der Waals surface area contributed by atoms with Gasteiger partial charge in [-0.3, -0.25) is 14.4 Å². The Hall–Kier alpha value is -2.82. The van der Waals surface area contributed by atoms with Gasteiger partial charge in [-0.2, -0.15) is 13.2 Å². The molecule has 1 aliphatic carbocycles. The number of ketones is 1. The zero-order chi connectivity index (χ0) is 24.6. The number of alkyl carbamates (subject to hydrolysis) is 1. The van der Waals surface area contributed by atoms with Crippen LogP contribution in [0.3, 0.4) is 0 Å². The van der Waals surface area contributed by atoms with E-state index in [1.807, 2.05) is 0 Å². The number of alkyl halides is 3. The average molecular weight is 493 g/mol. The predicted molar refractivity (Wildman–Crippen MR) is 110 cm³/mol. The summed E-state index contributed by atoms with van der Waals surface area (Å²) in [7, 11) is 0. The zero-order valence-corrected chi connectivity index (χ0v) is 18.6. The lowest BCUT2D eigenvalue weighted by Crippen LogP contribution is -2.49. The highest BCUT2D eigenvalue weighted by Gasteiger charge is 2.43. The van der Waals surface area contributed by atoms with E-state index < -0.39 is 42.4 Å². The van der Waals surface area contributed by atoms with Crippen LogP contribution in [0.25, 0.3) is 0 Å². The van der Waals surface area contributed by atoms with Gasteiger partial charge in [0.25, 0.3) is 0 Å². The van der Waals surface area contributed by atoms with E-state index in [2.05, 4.69) is 5.32 Å². The van der Waals surface area contributed by atoms with Crippen molar-refractivity contribution in [2.45, 2.75) is 56.9 Å². The monoisotopic (exact) mass is 492 g/mol. The van der Waals surface area contributed by atoms with Crippen LogP contribution >= 0.6 is 11.6 Å². The maximum absolute atomic E-state index is 12.9. The molecule has 182 valence electrons. The molecule has 1 fully saturated rings. The molecule has 0 bridgehead atoms. The van der Waals surface area contributed by atoms with Gasteiger partial charge in [0, 0.05) is 24.4 Å². The fourth-order valence-electron chi connectivity index (χ4n) is 3.52. The number of carbonyl (C=O) groups is 4. The van der Waals surface area contributed by atoms with Crippen LogP contribution in [0, 0.1) is 0 Å². The van der Waals surface area contributed by atoms with E-state index in [0.717, 1.165) is 12.8 Å². The molecule has 2 atom stereocenters. The SMILES string of the molecule is CCC(OC(=O)CNC(=O)C(F)(F)F)OC(=O)NC[C@@]1(c2ccccc2Cl)CCCCC1=O. The number of nitrogens with one attached hydrogen (secondary N) is 2. The number of esters is 1. The summed E-state index contributed by atoms with van der Waals surface area (Å²) in [5.41, 5.74) is -0.439. The van der Waals surface area contributed by atoms with Crippen LogP contribution in [0.4, 0.5) is 18.0 Å². The Bertz CT molecular complexity index is 895. The number of halogens is 4. The van der Waals surface area contributed by atoms with Crippen LogP contribution in [-0.2, 0) is 29.3 Å². The van der Waals surface area contributed by atoms with E-state index in [1.54, 1.807) is 24.3 Å². The number of rotatable bonds is 8. The summed E-state index contributed by atoms with van der Waals surface area (Å²) < 4.78 is 46.3. The van der Waals surface area contributed by atoms with Crippen molar-refractivity contribution in [2.24, 2.45) is 0 Å². The Balaban J connectivity index is 1.97. The molecule has 0 aromatic heterocycles. The molecular weight excluding hydrogens is 469 g/mol. The molecule has 2 amide bonds. The van der Waals surface area contributed by atoms with E-state index in [9.17, 15) is 32.3 Å². The minimum Gasteiger partial charge on any atom is -0.424 e. The number of Topliss-reactive ketones (excluding diaryl/α,β-unsaturated/α-hetero) is 1. The first kappa shape index (κ1) is 26.4. The summed E-state index contributed by atoms with van der Waals surface area (Å²) in [6.07, 6.45) is -5.24. The van der Waals surface area contributed by atoms with Crippen molar-refractivity contribution in [2.75, 3.05) is 13.1 Å². The quantitative estimate of drug-likeness (QED) is 0.425. The van der Waals surface area contributed by atoms with E-state index in [0.29, 0.717) is 23.4 Å². The minimum absolute atomic E-state index is 0.000956. The second kappa shape index (κ2) is 11.4. The van der Waals surface area contributed by atoms with E-state index in [4.69, 9.17) is 21.1 Å². The van der Waals surface area contributed by atoms with Gasteiger partial charge in [-0.05, 0) is 24.5 Å². The van der Waals surface area contributed by atoms with Crippen molar-refractivity contribution in [3.05, 3.63) is 34.9 Å². The Morgan fingerprint density at radius 3 is 2.45 bits per heavy atom. The summed E-state index contributed by atoms with van der Waals surface area (Å²) >= 11 is 6.32. The number of carbonyl (C=O) groups excluding carboxylic acids is 4. The van der Waals surface area contributed by atoms with E-state index in [-0.39, 0.29) is 18.7 Å². The van der Waals surface area contributed by atoms with Gasteiger partial charge < -0.3 is 20.1 Å². The highest BCUT2D eigenvalue weighted by molar-refractivity contribution is 6.31. The molecule has 12 heteroatoms. The first-order chi connectivity index (χ1) is 15.5. The highest BCUT2D eigenvalue weighted by Crippen LogP contribution is 2.39. The number of hydrogen-bond donors (Lipinski definition) is 2. The number of amides is 2. The molecule has 0 heterocycles. The van der Waals surface area contributed by atoms with Gasteiger partial charge >= 0.3 is 24.1 Å².